The maximum atomic E-state index is 5.88. The average Bonchev–Trinajstić information content (AvgIpc) is 3.30. The lowest BCUT2D eigenvalue weighted by atomic mass is 10.3. The van der Waals surface area contributed by atoms with E-state index in [9.17, 15) is 0 Å². The van der Waals surface area contributed by atoms with Gasteiger partial charge in [0.25, 0.3) is 0 Å². The number of rotatable bonds is 4. The van der Waals surface area contributed by atoms with Crippen molar-refractivity contribution in [3.05, 3.63) is 65.3 Å². The summed E-state index contributed by atoms with van der Waals surface area (Å²) >= 11 is 1.65. The van der Waals surface area contributed by atoms with E-state index in [2.05, 4.69) is 28.3 Å². The minimum Gasteiger partial charge on any atom is -0.440 e. The lowest BCUT2D eigenvalue weighted by Crippen LogP contribution is -2.03. The van der Waals surface area contributed by atoms with Crippen LogP contribution in [0.15, 0.2) is 52.7 Å². The molecular weight excluding hydrogens is 320 g/mol. The van der Waals surface area contributed by atoms with Crippen molar-refractivity contribution in [1.82, 2.24) is 19.5 Å². The number of pyridine rings is 1. The zero-order chi connectivity index (χ0) is 16.5. The summed E-state index contributed by atoms with van der Waals surface area (Å²) in [6.07, 6.45) is 5.49. The van der Waals surface area contributed by atoms with Gasteiger partial charge in [0.15, 0.2) is 5.82 Å². The van der Waals surface area contributed by atoms with Crippen LogP contribution >= 0.6 is 11.3 Å². The molecule has 120 valence electrons. The number of thiophene rings is 1. The number of imidazole rings is 1. The van der Waals surface area contributed by atoms with E-state index in [-0.39, 0.29) is 0 Å². The van der Waals surface area contributed by atoms with E-state index in [1.165, 1.54) is 5.56 Å². The largest absolute Gasteiger partial charge is 0.440 e. The Balaban J connectivity index is 1.67. The maximum Gasteiger partial charge on any atom is 0.237 e. The van der Waals surface area contributed by atoms with Gasteiger partial charge in [0.1, 0.15) is 17.1 Å². The first-order valence-corrected chi connectivity index (χ1v) is 8.53. The molecule has 0 N–H and O–H groups in total. The number of aryl methyl sites for hydroxylation is 2. The fourth-order valence-electron chi connectivity index (χ4n) is 2.59. The van der Waals surface area contributed by atoms with Crippen LogP contribution in [-0.2, 0) is 6.54 Å². The molecule has 0 fully saturated rings. The Bertz CT molecular complexity index is 968. The van der Waals surface area contributed by atoms with Gasteiger partial charge in [-0.15, -0.1) is 11.3 Å². The van der Waals surface area contributed by atoms with Gasteiger partial charge < -0.3 is 8.98 Å². The second kappa shape index (κ2) is 6.05. The molecule has 0 unspecified atom stereocenters. The summed E-state index contributed by atoms with van der Waals surface area (Å²) in [6.45, 7) is 4.62. The SMILES string of the molecule is Cc1ccsc1-c1nc(Cn2ccnc2-c2ccccn2)c(C)o1. The molecule has 0 aliphatic rings. The van der Waals surface area contributed by atoms with E-state index in [0.717, 1.165) is 27.8 Å². The van der Waals surface area contributed by atoms with Crippen LogP contribution in [0.2, 0.25) is 0 Å². The molecule has 4 rings (SSSR count). The van der Waals surface area contributed by atoms with Crippen LogP contribution in [0.3, 0.4) is 0 Å². The van der Waals surface area contributed by atoms with Crippen LogP contribution in [-0.4, -0.2) is 19.5 Å². The second-order valence-corrected chi connectivity index (χ2v) is 6.46. The molecule has 4 aromatic heterocycles. The summed E-state index contributed by atoms with van der Waals surface area (Å²) in [5.74, 6) is 2.35. The molecule has 6 heteroatoms. The number of aromatic nitrogens is 4. The molecule has 4 aromatic rings. The summed E-state index contributed by atoms with van der Waals surface area (Å²) in [4.78, 5) is 14.6. The van der Waals surface area contributed by atoms with E-state index >= 15 is 0 Å². The maximum absolute atomic E-state index is 5.88. The summed E-state index contributed by atoms with van der Waals surface area (Å²) < 4.78 is 7.92. The quantitative estimate of drug-likeness (QED) is 0.557. The van der Waals surface area contributed by atoms with Gasteiger partial charge in [-0.2, -0.15) is 0 Å². The molecule has 0 saturated heterocycles. The molecule has 4 heterocycles. The predicted molar refractivity (Wildman–Crippen MR) is 93.9 cm³/mol. The number of oxazole rings is 1. The van der Waals surface area contributed by atoms with Crippen molar-refractivity contribution in [1.29, 1.82) is 0 Å². The molecule has 0 amide bonds. The van der Waals surface area contributed by atoms with E-state index in [1.807, 2.05) is 35.9 Å². The van der Waals surface area contributed by atoms with Crippen molar-refractivity contribution < 1.29 is 4.42 Å². The Morgan fingerprint density at radius 2 is 2.04 bits per heavy atom. The lowest BCUT2D eigenvalue weighted by Gasteiger charge is -2.05. The van der Waals surface area contributed by atoms with Gasteiger partial charge >= 0.3 is 0 Å². The summed E-state index contributed by atoms with van der Waals surface area (Å²) in [6, 6.07) is 7.89. The molecule has 0 bridgehead atoms. The fraction of sp³-hybridized carbons (Fsp3) is 0.167. The molecule has 24 heavy (non-hydrogen) atoms. The third kappa shape index (κ3) is 2.65. The van der Waals surface area contributed by atoms with Crippen LogP contribution in [0.25, 0.3) is 22.3 Å². The highest BCUT2D eigenvalue weighted by atomic mass is 32.1. The Hall–Kier alpha value is -2.73. The van der Waals surface area contributed by atoms with Gasteiger partial charge in [-0.3, -0.25) is 4.98 Å². The second-order valence-electron chi connectivity index (χ2n) is 5.55. The first-order valence-electron chi connectivity index (χ1n) is 7.65. The summed E-state index contributed by atoms with van der Waals surface area (Å²) in [7, 11) is 0. The third-order valence-corrected chi connectivity index (χ3v) is 4.88. The highest BCUT2D eigenvalue weighted by Crippen LogP contribution is 2.30. The predicted octanol–water partition coefficient (Wildman–Crippen LogP) is 4.33. The van der Waals surface area contributed by atoms with Gasteiger partial charge in [-0.25, -0.2) is 9.97 Å². The van der Waals surface area contributed by atoms with Crippen molar-refractivity contribution in [2.45, 2.75) is 20.4 Å². The molecule has 0 aliphatic carbocycles. The van der Waals surface area contributed by atoms with E-state index in [4.69, 9.17) is 9.40 Å². The van der Waals surface area contributed by atoms with E-state index in [0.29, 0.717) is 12.4 Å². The van der Waals surface area contributed by atoms with Crippen LogP contribution in [0.5, 0.6) is 0 Å². The monoisotopic (exact) mass is 336 g/mol. The molecule has 0 spiro atoms. The smallest absolute Gasteiger partial charge is 0.237 e. The Morgan fingerprint density at radius 3 is 2.79 bits per heavy atom. The van der Waals surface area contributed by atoms with Crippen molar-refractivity contribution in [2.75, 3.05) is 0 Å². The minimum absolute atomic E-state index is 0.603. The van der Waals surface area contributed by atoms with Crippen LogP contribution < -0.4 is 0 Å². The zero-order valence-electron chi connectivity index (χ0n) is 13.4. The molecule has 0 saturated carbocycles. The summed E-state index contributed by atoms with van der Waals surface area (Å²) in [5, 5.41) is 2.05. The Labute approximate surface area is 143 Å². The number of nitrogens with zero attached hydrogens (tertiary/aromatic N) is 4. The van der Waals surface area contributed by atoms with Crippen molar-refractivity contribution in [2.24, 2.45) is 0 Å². The fourth-order valence-corrected chi connectivity index (χ4v) is 3.44. The highest BCUT2D eigenvalue weighted by molar-refractivity contribution is 7.13. The Morgan fingerprint density at radius 1 is 1.12 bits per heavy atom. The van der Waals surface area contributed by atoms with Crippen LogP contribution in [0.1, 0.15) is 17.0 Å². The topological polar surface area (TPSA) is 56.7 Å². The molecule has 0 radical (unpaired) electrons. The molecule has 5 nitrogen and oxygen atoms in total. The third-order valence-electron chi connectivity index (χ3n) is 3.88. The number of hydrogen-bond donors (Lipinski definition) is 0. The standard InChI is InChI=1S/C18H16N4OS/c1-12-6-10-24-16(12)18-21-15(13(2)23-18)11-22-9-8-20-17(22)14-5-3-4-7-19-14/h3-10H,11H2,1-2H3. The molecule has 0 aromatic carbocycles. The number of hydrogen-bond acceptors (Lipinski definition) is 5. The first kappa shape index (κ1) is 14.8. The van der Waals surface area contributed by atoms with Crippen molar-refractivity contribution in [3.8, 4) is 22.3 Å². The van der Waals surface area contributed by atoms with Crippen molar-refractivity contribution >= 4 is 11.3 Å². The minimum atomic E-state index is 0.603. The molecule has 0 atom stereocenters. The van der Waals surface area contributed by atoms with Crippen molar-refractivity contribution in [3.63, 3.8) is 0 Å². The lowest BCUT2D eigenvalue weighted by molar-refractivity contribution is 0.539. The van der Waals surface area contributed by atoms with Gasteiger partial charge in [-0.05, 0) is 43.0 Å². The highest BCUT2D eigenvalue weighted by Gasteiger charge is 2.16. The van der Waals surface area contributed by atoms with Crippen LogP contribution in [0.4, 0.5) is 0 Å². The van der Waals surface area contributed by atoms with Crippen LogP contribution in [0, 0.1) is 13.8 Å². The van der Waals surface area contributed by atoms with E-state index < -0.39 is 0 Å². The van der Waals surface area contributed by atoms with Gasteiger partial charge in [0.2, 0.25) is 5.89 Å². The molecular formula is C18H16N4OS. The normalized spacial score (nSPS) is 11.1. The van der Waals surface area contributed by atoms with E-state index in [1.54, 1.807) is 23.7 Å². The van der Waals surface area contributed by atoms with Gasteiger partial charge in [0, 0.05) is 18.6 Å². The van der Waals surface area contributed by atoms with Gasteiger partial charge in [0.05, 0.1) is 11.4 Å². The first-order chi connectivity index (χ1) is 11.7. The zero-order valence-corrected chi connectivity index (χ0v) is 14.2. The van der Waals surface area contributed by atoms with Gasteiger partial charge in [-0.1, -0.05) is 6.07 Å². The summed E-state index contributed by atoms with van der Waals surface area (Å²) in [5.41, 5.74) is 2.94. The molecule has 0 aliphatic heterocycles. The average molecular weight is 336 g/mol. The Kier molecular flexibility index (Phi) is 3.74.